The fourth-order valence-electron chi connectivity index (χ4n) is 2.98. The highest BCUT2D eigenvalue weighted by Gasteiger charge is 2.35. The van der Waals surface area contributed by atoms with Crippen LogP contribution in [0.15, 0.2) is 10.6 Å². The molecule has 0 aliphatic carbocycles. The SMILES string of the molecule is CCNCc1cc(CN2CCC(CC)(CC)C2)on1. The van der Waals surface area contributed by atoms with E-state index in [0.29, 0.717) is 5.41 Å². The fraction of sp³-hybridized carbons (Fsp3) is 0.800. The van der Waals surface area contributed by atoms with Gasteiger partial charge in [0.05, 0.1) is 12.2 Å². The number of nitrogens with one attached hydrogen (secondary N) is 1. The Labute approximate surface area is 116 Å². The topological polar surface area (TPSA) is 41.3 Å². The van der Waals surface area contributed by atoms with Gasteiger partial charge in [-0.25, -0.2) is 0 Å². The average Bonchev–Trinajstić information content (AvgIpc) is 3.04. The molecule has 0 bridgehead atoms. The summed E-state index contributed by atoms with van der Waals surface area (Å²) in [5.74, 6) is 0.996. The number of nitrogens with zero attached hydrogens (tertiary/aromatic N) is 2. The summed E-state index contributed by atoms with van der Waals surface area (Å²) in [5, 5.41) is 7.38. The lowest BCUT2D eigenvalue weighted by molar-refractivity contribution is 0.218. The van der Waals surface area contributed by atoms with Gasteiger partial charge in [-0.15, -0.1) is 0 Å². The Balaban J connectivity index is 1.87. The van der Waals surface area contributed by atoms with Gasteiger partial charge in [0.15, 0.2) is 5.76 Å². The Bertz CT molecular complexity index is 384. The third kappa shape index (κ3) is 3.57. The van der Waals surface area contributed by atoms with Gasteiger partial charge in [0.1, 0.15) is 0 Å². The second-order valence-corrected chi connectivity index (χ2v) is 5.73. The van der Waals surface area contributed by atoms with E-state index < -0.39 is 0 Å². The van der Waals surface area contributed by atoms with Crippen molar-refractivity contribution < 1.29 is 4.52 Å². The Hall–Kier alpha value is -0.870. The first-order valence-corrected chi connectivity index (χ1v) is 7.59. The Morgan fingerprint density at radius 3 is 2.79 bits per heavy atom. The van der Waals surface area contributed by atoms with Crippen LogP contribution in [-0.2, 0) is 13.1 Å². The molecule has 0 atom stereocenters. The summed E-state index contributed by atoms with van der Waals surface area (Å²) in [7, 11) is 0. The second kappa shape index (κ2) is 6.53. The van der Waals surface area contributed by atoms with Gasteiger partial charge in [0.25, 0.3) is 0 Å². The van der Waals surface area contributed by atoms with E-state index in [0.717, 1.165) is 31.1 Å². The molecule has 19 heavy (non-hydrogen) atoms. The molecule has 4 heteroatoms. The van der Waals surface area contributed by atoms with E-state index in [4.69, 9.17) is 4.52 Å². The Kier molecular flexibility index (Phi) is 4.99. The van der Waals surface area contributed by atoms with Crippen LogP contribution in [0.2, 0.25) is 0 Å². The summed E-state index contributed by atoms with van der Waals surface area (Å²) in [6, 6.07) is 2.08. The average molecular weight is 265 g/mol. The summed E-state index contributed by atoms with van der Waals surface area (Å²) in [6.07, 6.45) is 3.88. The molecule has 1 aromatic rings. The van der Waals surface area contributed by atoms with E-state index in [9.17, 15) is 0 Å². The smallest absolute Gasteiger partial charge is 0.151 e. The predicted octanol–water partition coefficient (Wildman–Crippen LogP) is 2.80. The highest BCUT2D eigenvalue weighted by Crippen LogP contribution is 2.37. The van der Waals surface area contributed by atoms with E-state index in [1.807, 2.05) is 0 Å². The number of rotatable bonds is 7. The zero-order valence-corrected chi connectivity index (χ0v) is 12.5. The normalized spacial score (nSPS) is 19.1. The van der Waals surface area contributed by atoms with Crippen LogP contribution in [0.4, 0.5) is 0 Å². The van der Waals surface area contributed by atoms with Crippen molar-refractivity contribution >= 4 is 0 Å². The Morgan fingerprint density at radius 1 is 1.37 bits per heavy atom. The molecule has 1 saturated heterocycles. The fourth-order valence-corrected chi connectivity index (χ4v) is 2.98. The van der Waals surface area contributed by atoms with Crippen LogP contribution in [0.3, 0.4) is 0 Å². The van der Waals surface area contributed by atoms with Gasteiger partial charge in [0.2, 0.25) is 0 Å². The van der Waals surface area contributed by atoms with Crippen LogP contribution >= 0.6 is 0 Å². The first kappa shape index (κ1) is 14.5. The van der Waals surface area contributed by atoms with Crippen molar-refractivity contribution in [2.45, 2.75) is 53.1 Å². The van der Waals surface area contributed by atoms with Gasteiger partial charge in [-0.2, -0.15) is 0 Å². The van der Waals surface area contributed by atoms with Crippen molar-refractivity contribution in [3.05, 3.63) is 17.5 Å². The lowest BCUT2D eigenvalue weighted by Gasteiger charge is -2.26. The van der Waals surface area contributed by atoms with Crippen molar-refractivity contribution in [2.24, 2.45) is 5.41 Å². The minimum atomic E-state index is 0.534. The highest BCUT2D eigenvalue weighted by molar-refractivity contribution is 5.05. The highest BCUT2D eigenvalue weighted by atomic mass is 16.5. The molecular formula is C15H27N3O. The summed E-state index contributed by atoms with van der Waals surface area (Å²) < 4.78 is 5.43. The lowest BCUT2D eigenvalue weighted by Crippen LogP contribution is -2.25. The number of hydrogen-bond donors (Lipinski definition) is 1. The molecular weight excluding hydrogens is 238 g/mol. The summed E-state index contributed by atoms with van der Waals surface area (Å²) in [4.78, 5) is 2.50. The van der Waals surface area contributed by atoms with E-state index in [1.54, 1.807) is 0 Å². The van der Waals surface area contributed by atoms with E-state index >= 15 is 0 Å². The predicted molar refractivity (Wildman–Crippen MR) is 76.8 cm³/mol. The first-order valence-electron chi connectivity index (χ1n) is 7.59. The molecule has 1 aliphatic rings. The zero-order chi connectivity index (χ0) is 13.7. The molecule has 0 radical (unpaired) electrons. The van der Waals surface area contributed by atoms with Gasteiger partial charge in [-0.1, -0.05) is 25.9 Å². The van der Waals surface area contributed by atoms with Gasteiger partial charge in [0, 0.05) is 19.2 Å². The van der Waals surface area contributed by atoms with Crippen LogP contribution < -0.4 is 5.32 Å². The third-order valence-corrected chi connectivity index (χ3v) is 4.56. The van der Waals surface area contributed by atoms with Gasteiger partial charge in [-0.3, -0.25) is 4.90 Å². The number of likely N-dealkylation sites (tertiary alicyclic amines) is 1. The molecule has 0 unspecified atom stereocenters. The van der Waals surface area contributed by atoms with Crippen LogP contribution in [0.25, 0.3) is 0 Å². The number of aromatic nitrogens is 1. The van der Waals surface area contributed by atoms with E-state index in [1.165, 1.54) is 32.4 Å². The third-order valence-electron chi connectivity index (χ3n) is 4.56. The van der Waals surface area contributed by atoms with Crippen LogP contribution in [0, 0.1) is 5.41 Å². The number of hydrogen-bond acceptors (Lipinski definition) is 4. The largest absolute Gasteiger partial charge is 0.360 e. The Morgan fingerprint density at radius 2 is 2.16 bits per heavy atom. The second-order valence-electron chi connectivity index (χ2n) is 5.73. The quantitative estimate of drug-likeness (QED) is 0.823. The molecule has 1 aromatic heterocycles. The molecule has 1 aliphatic heterocycles. The standard InChI is InChI=1S/C15H27N3O/c1-4-15(5-2)7-8-18(12-15)11-14-9-13(17-19-14)10-16-6-3/h9,16H,4-8,10-12H2,1-3H3. The van der Waals surface area contributed by atoms with Crippen LogP contribution in [0.5, 0.6) is 0 Å². The lowest BCUT2D eigenvalue weighted by atomic mass is 9.82. The van der Waals surface area contributed by atoms with Gasteiger partial charge in [-0.05, 0) is 37.8 Å². The van der Waals surface area contributed by atoms with Crippen LogP contribution in [0.1, 0.15) is 51.5 Å². The summed E-state index contributed by atoms with van der Waals surface area (Å²) in [6.45, 7) is 11.8. The van der Waals surface area contributed by atoms with Crippen molar-refractivity contribution in [3.8, 4) is 0 Å². The molecule has 0 saturated carbocycles. The molecule has 2 heterocycles. The molecule has 0 amide bonds. The van der Waals surface area contributed by atoms with Crippen molar-refractivity contribution in [2.75, 3.05) is 19.6 Å². The van der Waals surface area contributed by atoms with E-state index in [2.05, 4.69) is 42.2 Å². The maximum Gasteiger partial charge on any atom is 0.151 e. The van der Waals surface area contributed by atoms with Gasteiger partial charge < -0.3 is 9.84 Å². The molecule has 1 N–H and O–H groups in total. The summed E-state index contributed by atoms with van der Waals surface area (Å²) in [5.41, 5.74) is 1.54. The molecule has 4 nitrogen and oxygen atoms in total. The van der Waals surface area contributed by atoms with Crippen molar-refractivity contribution in [3.63, 3.8) is 0 Å². The molecule has 0 aromatic carbocycles. The molecule has 2 rings (SSSR count). The van der Waals surface area contributed by atoms with Gasteiger partial charge >= 0.3 is 0 Å². The maximum atomic E-state index is 5.43. The maximum absolute atomic E-state index is 5.43. The van der Waals surface area contributed by atoms with Crippen LogP contribution in [-0.4, -0.2) is 29.7 Å². The van der Waals surface area contributed by atoms with Crippen molar-refractivity contribution in [1.82, 2.24) is 15.4 Å². The minimum absolute atomic E-state index is 0.534. The van der Waals surface area contributed by atoms with E-state index in [-0.39, 0.29) is 0 Å². The molecule has 1 fully saturated rings. The first-order chi connectivity index (χ1) is 9.21. The summed E-state index contributed by atoms with van der Waals surface area (Å²) >= 11 is 0. The van der Waals surface area contributed by atoms with Crippen molar-refractivity contribution in [1.29, 1.82) is 0 Å². The monoisotopic (exact) mass is 265 g/mol. The minimum Gasteiger partial charge on any atom is -0.360 e. The molecule has 0 spiro atoms. The molecule has 108 valence electrons. The zero-order valence-electron chi connectivity index (χ0n) is 12.5.